The molecule has 0 aliphatic heterocycles. The SMILES string of the molecule is COc1cccc(F)c1CNC(C)CN(C)C. The van der Waals surface area contributed by atoms with Crippen LogP contribution in [0.2, 0.25) is 0 Å². The van der Waals surface area contributed by atoms with Gasteiger partial charge in [-0.3, -0.25) is 0 Å². The molecule has 1 unspecified atom stereocenters. The summed E-state index contributed by atoms with van der Waals surface area (Å²) in [5, 5.41) is 3.28. The molecule has 0 aliphatic rings. The molecule has 0 amide bonds. The summed E-state index contributed by atoms with van der Waals surface area (Å²) in [7, 11) is 5.59. The van der Waals surface area contributed by atoms with Gasteiger partial charge < -0.3 is 15.0 Å². The molecule has 0 radical (unpaired) electrons. The van der Waals surface area contributed by atoms with Crippen molar-refractivity contribution < 1.29 is 9.13 Å². The normalized spacial score (nSPS) is 12.8. The summed E-state index contributed by atoms with van der Waals surface area (Å²) in [6, 6.07) is 5.18. The first-order valence-electron chi connectivity index (χ1n) is 5.74. The molecule has 0 saturated heterocycles. The Kier molecular flexibility index (Phi) is 5.38. The lowest BCUT2D eigenvalue weighted by molar-refractivity contribution is 0.344. The lowest BCUT2D eigenvalue weighted by Gasteiger charge is -2.19. The van der Waals surface area contributed by atoms with Crippen LogP contribution in [-0.4, -0.2) is 38.7 Å². The number of ether oxygens (including phenoxy) is 1. The minimum absolute atomic E-state index is 0.228. The highest BCUT2D eigenvalue weighted by Gasteiger charge is 2.10. The molecule has 96 valence electrons. The number of rotatable bonds is 6. The summed E-state index contributed by atoms with van der Waals surface area (Å²) in [6.45, 7) is 3.47. The number of nitrogens with one attached hydrogen (secondary N) is 1. The van der Waals surface area contributed by atoms with Crippen molar-refractivity contribution in [2.75, 3.05) is 27.7 Å². The number of benzene rings is 1. The van der Waals surface area contributed by atoms with Gasteiger partial charge in [-0.1, -0.05) is 6.07 Å². The maximum Gasteiger partial charge on any atom is 0.131 e. The predicted octanol–water partition coefficient (Wildman–Crippen LogP) is 1.87. The third-order valence-corrected chi connectivity index (χ3v) is 2.56. The second kappa shape index (κ2) is 6.57. The molecule has 0 fully saturated rings. The minimum atomic E-state index is -0.228. The van der Waals surface area contributed by atoms with Crippen LogP contribution in [0.15, 0.2) is 18.2 Å². The van der Waals surface area contributed by atoms with Crippen molar-refractivity contribution in [1.29, 1.82) is 0 Å². The van der Waals surface area contributed by atoms with Gasteiger partial charge in [-0.05, 0) is 33.2 Å². The van der Waals surface area contributed by atoms with Crippen LogP contribution >= 0.6 is 0 Å². The molecule has 0 aliphatic carbocycles. The Hall–Kier alpha value is -1.13. The lowest BCUT2D eigenvalue weighted by atomic mass is 10.1. The molecule has 1 atom stereocenters. The summed E-state index contributed by atoms with van der Waals surface area (Å²) in [5.74, 6) is 0.364. The molecule has 0 saturated carbocycles. The van der Waals surface area contributed by atoms with Gasteiger partial charge in [0.2, 0.25) is 0 Å². The van der Waals surface area contributed by atoms with Gasteiger partial charge in [0.1, 0.15) is 11.6 Å². The molecule has 1 aromatic carbocycles. The number of hydrogen-bond acceptors (Lipinski definition) is 3. The van der Waals surface area contributed by atoms with E-state index in [2.05, 4.69) is 17.1 Å². The van der Waals surface area contributed by atoms with Crippen molar-refractivity contribution in [3.63, 3.8) is 0 Å². The standard InChI is InChI=1S/C13H21FN2O/c1-10(9-16(2)3)15-8-11-12(14)6-5-7-13(11)17-4/h5-7,10,15H,8-9H2,1-4H3. The zero-order valence-electron chi connectivity index (χ0n) is 11.0. The fraction of sp³-hybridized carbons (Fsp3) is 0.538. The fourth-order valence-electron chi connectivity index (χ4n) is 1.79. The van der Waals surface area contributed by atoms with Gasteiger partial charge in [0.05, 0.1) is 7.11 Å². The smallest absolute Gasteiger partial charge is 0.131 e. The molecule has 1 N–H and O–H groups in total. The zero-order chi connectivity index (χ0) is 12.8. The number of likely N-dealkylation sites (N-methyl/N-ethyl adjacent to an activating group) is 1. The van der Waals surface area contributed by atoms with Crippen LogP contribution in [0.5, 0.6) is 5.75 Å². The van der Waals surface area contributed by atoms with Crippen molar-refractivity contribution in [2.45, 2.75) is 19.5 Å². The molecule has 1 rings (SSSR count). The highest BCUT2D eigenvalue weighted by atomic mass is 19.1. The number of methoxy groups -OCH3 is 1. The van der Waals surface area contributed by atoms with Gasteiger partial charge in [0.25, 0.3) is 0 Å². The van der Waals surface area contributed by atoms with Gasteiger partial charge in [-0.15, -0.1) is 0 Å². The summed E-state index contributed by atoms with van der Waals surface area (Å²) in [5.41, 5.74) is 0.584. The largest absolute Gasteiger partial charge is 0.496 e. The van der Waals surface area contributed by atoms with Crippen LogP contribution in [0.25, 0.3) is 0 Å². The summed E-state index contributed by atoms with van der Waals surface area (Å²) < 4.78 is 18.8. The fourth-order valence-corrected chi connectivity index (χ4v) is 1.79. The van der Waals surface area contributed by atoms with Crippen LogP contribution < -0.4 is 10.1 Å². The van der Waals surface area contributed by atoms with Gasteiger partial charge in [0.15, 0.2) is 0 Å². The Bertz CT molecular complexity index is 355. The van der Waals surface area contributed by atoms with Gasteiger partial charge in [-0.25, -0.2) is 4.39 Å². The molecular weight excluding hydrogens is 219 g/mol. The van der Waals surface area contributed by atoms with E-state index < -0.39 is 0 Å². The number of hydrogen-bond donors (Lipinski definition) is 1. The highest BCUT2D eigenvalue weighted by Crippen LogP contribution is 2.20. The monoisotopic (exact) mass is 240 g/mol. The van der Waals surface area contributed by atoms with E-state index in [4.69, 9.17) is 4.74 Å². The maximum atomic E-state index is 13.6. The van der Waals surface area contributed by atoms with Crippen LogP contribution in [0.3, 0.4) is 0 Å². The van der Waals surface area contributed by atoms with Crippen molar-refractivity contribution in [3.05, 3.63) is 29.6 Å². The minimum Gasteiger partial charge on any atom is -0.496 e. The summed E-state index contributed by atoms with van der Waals surface area (Å²) in [6.07, 6.45) is 0. The molecule has 0 spiro atoms. The zero-order valence-corrected chi connectivity index (χ0v) is 11.0. The quantitative estimate of drug-likeness (QED) is 0.821. The first kappa shape index (κ1) is 13.9. The van der Waals surface area contributed by atoms with E-state index in [1.807, 2.05) is 14.1 Å². The Balaban J connectivity index is 2.62. The topological polar surface area (TPSA) is 24.5 Å². The predicted molar refractivity (Wildman–Crippen MR) is 67.8 cm³/mol. The van der Waals surface area contributed by atoms with E-state index in [1.165, 1.54) is 6.07 Å². The maximum absolute atomic E-state index is 13.6. The molecule has 3 nitrogen and oxygen atoms in total. The van der Waals surface area contributed by atoms with E-state index in [1.54, 1.807) is 19.2 Å². The Morgan fingerprint density at radius 1 is 1.41 bits per heavy atom. The first-order chi connectivity index (χ1) is 8.04. The van der Waals surface area contributed by atoms with E-state index >= 15 is 0 Å². The Morgan fingerprint density at radius 3 is 2.71 bits per heavy atom. The van der Waals surface area contributed by atoms with Crippen molar-refractivity contribution in [3.8, 4) is 5.75 Å². The highest BCUT2D eigenvalue weighted by molar-refractivity contribution is 5.34. The summed E-state index contributed by atoms with van der Waals surface area (Å²) in [4.78, 5) is 2.09. The van der Waals surface area contributed by atoms with E-state index in [9.17, 15) is 4.39 Å². The molecular formula is C13H21FN2O. The molecule has 17 heavy (non-hydrogen) atoms. The molecule has 1 aromatic rings. The molecule has 0 aromatic heterocycles. The van der Waals surface area contributed by atoms with Crippen LogP contribution in [0.1, 0.15) is 12.5 Å². The molecule has 0 bridgehead atoms. The number of halogens is 1. The second-order valence-corrected chi connectivity index (χ2v) is 4.46. The van der Waals surface area contributed by atoms with Crippen molar-refractivity contribution in [2.24, 2.45) is 0 Å². The third kappa shape index (κ3) is 4.32. The Labute approximate surface area is 103 Å². The van der Waals surface area contributed by atoms with Crippen LogP contribution in [0.4, 0.5) is 4.39 Å². The van der Waals surface area contributed by atoms with Gasteiger partial charge in [0, 0.05) is 24.7 Å². The third-order valence-electron chi connectivity index (χ3n) is 2.56. The van der Waals surface area contributed by atoms with E-state index in [-0.39, 0.29) is 5.82 Å². The first-order valence-corrected chi connectivity index (χ1v) is 5.74. The molecule has 4 heteroatoms. The van der Waals surface area contributed by atoms with E-state index in [0.29, 0.717) is 23.9 Å². The van der Waals surface area contributed by atoms with Gasteiger partial charge in [-0.2, -0.15) is 0 Å². The molecule has 0 heterocycles. The van der Waals surface area contributed by atoms with Crippen molar-refractivity contribution in [1.82, 2.24) is 10.2 Å². The Morgan fingerprint density at radius 2 is 2.12 bits per heavy atom. The van der Waals surface area contributed by atoms with Crippen LogP contribution in [-0.2, 0) is 6.54 Å². The van der Waals surface area contributed by atoms with E-state index in [0.717, 1.165) is 6.54 Å². The second-order valence-electron chi connectivity index (χ2n) is 4.46. The number of nitrogens with zero attached hydrogens (tertiary/aromatic N) is 1. The lowest BCUT2D eigenvalue weighted by Crippen LogP contribution is -2.35. The average molecular weight is 240 g/mol. The van der Waals surface area contributed by atoms with Crippen molar-refractivity contribution >= 4 is 0 Å². The summed E-state index contributed by atoms with van der Waals surface area (Å²) >= 11 is 0. The van der Waals surface area contributed by atoms with Crippen LogP contribution in [0, 0.1) is 5.82 Å². The van der Waals surface area contributed by atoms with Gasteiger partial charge >= 0.3 is 0 Å². The average Bonchev–Trinajstić information content (AvgIpc) is 2.26.